The standard InChI is InChI=1S/C16H31N3O/c1-16(2,14-6-5-8-17-10-14)15(20)19(4)12-13-7-9-18(3)11-13/h13-14,17H,5-12H2,1-4H3. The predicted molar refractivity (Wildman–Crippen MR) is 82.6 cm³/mol. The molecule has 2 rings (SSSR count). The van der Waals surface area contributed by atoms with Gasteiger partial charge >= 0.3 is 0 Å². The van der Waals surface area contributed by atoms with Crippen LogP contribution >= 0.6 is 0 Å². The highest BCUT2D eigenvalue weighted by molar-refractivity contribution is 5.82. The lowest BCUT2D eigenvalue weighted by molar-refractivity contribution is -0.143. The number of rotatable bonds is 4. The summed E-state index contributed by atoms with van der Waals surface area (Å²) in [6, 6.07) is 0. The summed E-state index contributed by atoms with van der Waals surface area (Å²) >= 11 is 0. The Morgan fingerprint density at radius 3 is 2.70 bits per heavy atom. The fourth-order valence-electron chi connectivity index (χ4n) is 3.78. The lowest BCUT2D eigenvalue weighted by Crippen LogP contribution is -2.48. The van der Waals surface area contributed by atoms with Gasteiger partial charge < -0.3 is 15.1 Å². The Morgan fingerprint density at radius 2 is 2.15 bits per heavy atom. The van der Waals surface area contributed by atoms with E-state index in [2.05, 4.69) is 31.1 Å². The van der Waals surface area contributed by atoms with Gasteiger partial charge in [0.2, 0.25) is 5.91 Å². The zero-order valence-electron chi connectivity index (χ0n) is 13.6. The van der Waals surface area contributed by atoms with Crippen LogP contribution in [0, 0.1) is 17.3 Å². The minimum absolute atomic E-state index is 0.243. The zero-order valence-corrected chi connectivity index (χ0v) is 13.6. The number of nitrogens with one attached hydrogen (secondary N) is 1. The van der Waals surface area contributed by atoms with Crippen molar-refractivity contribution in [3.05, 3.63) is 0 Å². The number of carbonyl (C=O) groups is 1. The maximum Gasteiger partial charge on any atom is 0.228 e. The van der Waals surface area contributed by atoms with E-state index in [1.165, 1.54) is 25.8 Å². The van der Waals surface area contributed by atoms with E-state index in [1.807, 2.05) is 11.9 Å². The molecule has 1 N–H and O–H groups in total. The molecule has 2 heterocycles. The Morgan fingerprint density at radius 1 is 1.40 bits per heavy atom. The average Bonchev–Trinajstić information content (AvgIpc) is 2.84. The number of piperidine rings is 1. The van der Waals surface area contributed by atoms with Gasteiger partial charge in [-0.3, -0.25) is 4.79 Å². The average molecular weight is 281 g/mol. The summed E-state index contributed by atoms with van der Waals surface area (Å²) in [6.45, 7) is 9.55. The van der Waals surface area contributed by atoms with E-state index in [-0.39, 0.29) is 5.41 Å². The van der Waals surface area contributed by atoms with Crippen molar-refractivity contribution in [2.24, 2.45) is 17.3 Å². The minimum Gasteiger partial charge on any atom is -0.345 e. The van der Waals surface area contributed by atoms with Crippen LogP contribution in [0.1, 0.15) is 33.1 Å². The molecule has 0 bridgehead atoms. The first-order valence-electron chi connectivity index (χ1n) is 8.06. The van der Waals surface area contributed by atoms with Crippen molar-refractivity contribution >= 4 is 5.91 Å². The Labute approximate surface area is 123 Å². The van der Waals surface area contributed by atoms with Crippen LogP contribution in [0.2, 0.25) is 0 Å². The van der Waals surface area contributed by atoms with Crippen molar-refractivity contribution in [1.82, 2.24) is 15.1 Å². The molecule has 2 unspecified atom stereocenters. The molecule has 20 heavy (non-hydrogen) atoms. The van der Waals surface area contributed by atoms with Gasteiger partial charge in [0.25, 0.3) is 0 Å². The third-order valence-corrected chi connectivity index (χ3v) is 5.24. The molecule has 116 valence electrons. The van der Waals surface area contributed by atoms with Gasteiger partial charge in [-0.2, -0.15) is 0 Å². The second-order valence-electron chi connectivity index (χ2n) is 7.37. The zero-order chi connectivity index (χ0) is 14.8. The molecule has 0 aromatic rings. The summed E-state index contributed by atoms with van der Waals surface area (Å²) in [5.41, 5.74) is -0.243. The Hall–Kier alpha value is -0.610. The summed E-state index contributed by atoms with van der Waals surface area (Å²) in [7, 11) is 4.15. The van der Waals surface area contributed by atoms with Gasteiger partial charge in [-0.15, -0.1) is 0 Å². The highest BCUT2D eigenvalue weighted by Crippen LogP contribution is 2.33. The van der Waals surface area contributed by atoms with Crippen molar-refractivity contribution in [3.8, 4) is 0 Å². The van der Waals surface area contributed by atoms with Gasteiger partial charge in [0.05, 0.1) is 0 Å². The molecule has 2 aliphatic heterocycles. The topological polar surface area (TPSA) is 35.6 Å². The number of carbonyl (C=O) groups excluding carboxylic acids is 1. The van der Waals surface area contributed by atoms with Crippen molar-refractivity contribution in [2.45, 2.75) is 33.1 Å². The number of amides is 1. The first-order chi connectivity index (χ1) is 9.41. The molecule has 4 nitrogen and oxygen atoms in total. The summed E-state index contributed by atoms with van der Waals surface area (Å²) < 4.78 is 0. The summed E-state index contributed by atoms with van der Waals surface area (Å²) in [5.74, 6) is 1.44. The first kappa shape index (κ1) is 15.8. The number of hydrogen-bond donors (Lipinski definition) is 1. The molecule has 0 aromatic heterocycles. The lowest BCUT2D eigenvalue weighted by atomic mass is 9.74. The quantitative estimate of drug-likeness (QED) is 0.846. The third-order valence-electron chi connectivity index (χ3n) is 5.24. The fourth-order valence-corrected chi connectivity index (χ4v) is 3.78. The van der Waals surface area contributed by atoms with Crippen LogP contribution < -0.4 is 5.32 Å². The number of nitrogens with zero attached hydrogens (tertiary/aromatic N) is 2. The normalized spacial score (nSPS) is 28.6. The van der Waals surface area contributed by atoms with Gasteiger partial charge in [-0.25, -0.2) is 0 Å². The lowest BCUT2D eigenvalue weighted by Gasteiger charge is -2.39. The second-order valence-corrected chi connectivity index (χ2v) is 7.37. The van der Waals surface area contributed by atoms with E-state index < -0.39 is 0 Å². The van der Waals surface area contributed by atoms with Crippen LogP contribution in [-0.4, -0.2) is 62.5 Å². The summed E-state index contributed by atoms with van der Waals surface area (Å²) in [4.78, 5) is 17.2. The number of hydrogen-bond acceptors (Lipinski definition) is 3. The van der Waals surface area contributed by atoms with Gasteiger partial charge in [0, 0.05) is 25.6 Å². The molecule has 4 heteroatoms. The molecule has 2 saturated heterocycles. The Kier molecular flexibility index (Phi) is 5.08. The molecular formula is C16H31N3O. The highest BCUT2D eigenvalue weighted by atomic mass is 16.2. The van der Waals surface area contributed by atoms with E-state index in [0.717, 1.165) is 26.2 Å². The molecule has 0 radical (unpaired) electrons. The minimum atomic E-state index is -0.243. The largest absolute Gasteiger partial charge is 0.345 e. The van der Waals surface area contributed by atoms with E-state index in [1.54, 1.807) is 0 Å². The Balaban J connectivity index is 1.90. The Bertz CT molecular complexity index is 337. The van der Waals surface area contributed by atoms with Crippen LogP contribution in [-0.2, 0) is 4.79 Å². The van der Waals surface area contributed by atoms with Gasteiger partial charge in [-0.1, -0.05) is 13.8 Å². The molecule has 2 atom stereocenters. The molecule has 2 aliphatic rings. The van der Waals surface area contributed by atoms with Crippen LogP contribution in [0.3, 0.4) is 0 Å². The van der Waals surface area contributed by atoms with Crippen LogP contribution in [0.4, 0.5) is 0 Å². The van der Waals surface area contributed by atoms with Crippen molar-refractivity contribution in [1.29, 1.82) is 0 Å². The number of likely N-dealkylation sites (tertiary alicyclic amines) is 1. The van der Waals surface area contributed by atoms with Crippen molar-refractivity contribution in [3.63, 3.8) is 0 Å². The van der Waals surface area contributed by atoms with Gasteiger partial charge in [-0.05, 0) is 57.8 Å². The van der Waals surface area contributed by atoms with Crippen molar-refractivity contribution < 1.29 is 4.79 Å². The first-order valence-corrected chi connectivity index (χ1v) is 8.06. The summed E-state index contributed by atoms with van der Waals surface area (Å²) in [5, 5.41) is 3.44. The summed E-state index contributed by atoms with van der Waals surface area (Å²) in [6.07, 6.45) is 3.59. The van der Waals surface area contributed by atoms with Gasteiger partial charge in [0.1, 0.15) is 0 Å². The van der Waals surface area contributed by atoms with E-state index in [4.69, 9.17) is 0 Å². The fraction of sp³-hybridized carbons (Fsp3) is 0.938. The third kappa shape index (κ3) is 3.53. The molecule has 0 aromatic carbocycles. The SMILES string of the molecule is CN1CCC(CN(C)C(=O)C(C)(C)C2CCCNC2)C1. The highest BCUT2D eigenvalue weighted by Gasteiger charge is 2.39. The van der Waals surface area contributed by atoms with Crippen LogP contribution in [0.5, 0.6) is 0 Å². The molecular weight excluding hydrogens is 250 g/mol. The molecule has 0 aliphatic carbocycles. The van der Waals surface area contributed by atoms with Crippen molar-refractivity contribution in [2.75, 3.05) is 46.8 Å². The molecule has 0 saturated carbocycles. The van der Waals surface area contributed by atoms with E-state index >= 15 is 0 Å². The maximum atomic E-state index is 12.8. The molecule has 2 fully saturated rings. The smallest absolute Gasteiger partial charge is 0.228 e. The van der Waals surface area contributed by atoms with Crippen LogP contribution in [0.25, 0.3) is 0 Å². The maximum absolute atomic E-state index is 12.8. The second kappa shape index (κ2) is 6.44. The molecule has 0 spiro atoms. The monoisotopic (exact) mass is 281 g/mol. The van der Waals surface area contributed by atoms with Gasteiger partial charge in [0.15, 0.2) is 0 Å². The molecule has 1 amide bonds. The van der Waals surface area contributed by atoms with E-state index in [0.29, 0.717) is 17.7 Å². The van der Waals surface area contributed by atoms with E-state index in [9.17, 15) is 4.79 Å². The van der Waals surface area contributed by atoms with Crippen LogP contribution in [0.15, 0.2) is 0 Å². The predicted octanol–water partition coefficient (Wildman–Crippen LogP) is 1.42.